The second-order valence-corrected chi connectivity index (χ2v) is 7.53. The third kappa shape index (κ3) is 3.96. The highest BCUT2D eigenvalue weighted by Crippen LogP contribution is 2.25. The van der Waals surface area contributed by atoms with Crippen LogP contribution in [0.4, 0.5) is 10.2 Å². The van der Waals surface area contributed by atoms with Crippen LogP contribution >= 0.6 is 0 Å². The highest BCUT2D eigenvalue weighted by molar-refractivity contribution is 5.66. The van der Waals surface area contributed by atoms with Crippen molar-refractivity contribution in [3.8, 4) is 11.3 Å². The van der Waals surface area contributed by atoms with Gasteiger partial charge in [-0.25, -0.2) is 9.37 Å². The summed E-state index contributed by atoms with van der Waals surface area (Å²) in [5.41, 5.74) is 11.7. The fourth-order valence-corrected chi connectivity index (χ4v) is 3.50. The Morgan fingerprint density at radius 2 is 1.93 bits per heavy atom. The number of halogens is 1. The number of hydrogen-bond acceptors (Lipinski definition) is 5. The smallest absolute Gasteiger partial charge is 0.161 e. The predicted octanol–water partition coefficient (Wildman–Crippen LogP) is 3.92. The molecule has 0 atom stereocenters. The highest BCUT2D eigenvalue weighted by atomic mass is 19.1. The van der Waals surface area contributed by atoms with E-state index in [2.05, 4.69) is 39.1 Å². The van der Waals surface area contributed by atoms with Gasteiger partial charge in [-0.1, -0.05) is 13.8 Å². The maximum absolute atomic E-state index is 13.3. The van der Waals surface area contributed by atoms with Crippen molar-refractivity contribution in [1.29, 1.82) is 0 Å². The van der Waals surface area contributed by atoms with Gasteiger partial charge in [0.05, 0.1) is 24.3 Å². The number of nitrogens with zero attached hydrogens (tertiary/aromatic N) is 5. The van der Waals surface area contributed by atoms with E-state index >= 15 is 0 Å². The highest BCUT2D eigenvalue weighted by Gasteiger charge is 2.13. The maximum Gasteiger partial charge on any atom is 0.161 e. The van der Waals surface area contributed by atoms with E-state index in [1.807, 2.05) is 6.20 Å². The topological polar surface area (TPSA) is 97.8 Å². The Hall–Kier alpha value is -3.29. The first kappa shape index (κ1) is 19.0. The molecule has 7 nitrogen and oxygen atoms in total. The second kappa shape index (κ2) is 7.98. The Kier molecular flexibility index (Phi) is 5.24. The quantitative estimate of drug-likeness (QED) is 0.538. The van der Waals surface area contributed by atoms with Crippen LogP contribution in [-0.4, -0.2) is 29.8 Å². The Labute approximate surface area is 168 Å². The number of aryl methyl sites for hydroxylation is 2. The number of hydrogen-bond donors (Lipinski definition) is 2. The molecule has 0 unspecified atom stereocenters. The van der Waals surface area contributed by atoms with Crippen molar-refractivity contribution in [2.24, 2.45) is 0 Å². The molecule has 0 saturated heterocycles. The normalized spacial score (nSPS) is 13.2. The van der Waals surface area contributed by atoms with Gasteiger partial charge >= 0.3 is 0 Å². The molecule has 3 N–H and O–H groups in total. The van der Waals surface area contributed by atoms with Gasteiger partial charge < -0.3 is 5.73 Å². The number of anilines is 1. The van der Waals surface area contributed by atoms with Crippen LogP contribution in [0.1, 0.15) is 49.4 Å². The van der Waals surface area contributed by atoms with Gasteiger partial charge in [-0.15, -0.1) is 0 Å². The third-order valence-corrected chi connectivity index (χ3v) is 5.08. The van der Waals surface area contributed by atoms with Crippen LogP contribution in [0.15, 0.2) is 36.9 Å². The van der Waals surface area contributed by atoms with Gasteiger partial charge in [-0.05, 0) is 43.2 Å². The Morgan fingerprint density at radius 1 is 1.10 bits per heavy atom. The van der Waals surface area contributed by atoms with Gasteiger partial charge in [-0.3, -0.25) is 10.1 Å². The van der Waals surface area contributed by atoms with E-state index in [4.69, 9.17) is 5.73 Å². The molecule has 29 heavy (non-hydrogen) atoms. The Morgan fingerprint density at radius 3 is 2.69 bits per heavy atom. The minimum atomic E-state index is -0.402. The average molecular weight is 393 g/mol. The number of nitrogen functional groups attached to an aromatic ring is 1. The molecule has 5 rings (SSSR count). The average Bonchev–Trinajstić information content (AvgIpc) is 3.35. The molecule has 8 heteroatoms. The summed E-state index contributed by atoms with van der Waals surface area (Å²) in [6, 6.07) is 3.05. The van der Waals surface area contributed by atoms with Crippen LogP contribution in [0.25, 0.3) is 16.9 Å². The van der Waals surface area contributed by atoms with Crippen molar-refractivity contribution in [3.05, 3.63) is 59.6 Å². The van der Waals surface area contributed by atoms with E-state index < -0.39 is 5.82 Å². The summed E-state index contributed by atoms with van der Waals surface area (Å²) in [7, 11) is 0. The van der Waals surface area contributed by atoms with E-state index in [0.717, 1.165) is 11.8 Å². The zero-order valence-electron chi connectivity index (χ0n) is 16.6. The van der Waals surface area contributed by atoms with E-state index in [1.165, 1.54) is 43.0 Å². The molecule has 0 bridgehead atoms. The van der Waals surface area contributed by atoms with Crippen LogP contribution in [0, 0.1) is 5.82 Å². The van der Waals surface area contributed by atoms with Gasteiger partial charge in [-0.2, -0.15) is 14.7 Å². The Bertz CT molecular complexity index is 1110. The van der Waals surface area contributed by atoms with Crippen LogP contribution in [0.2, 0.25) is 0 Å². The zero-order chi connectivity index (χ0) is 20.4. The molecule has 4 aromatic rings. The summed E-state index contributed by atoms with van der Waals surface area (Å²) in [5.74, 6) is 0.335. The van der Waals surface area contributed by atoms with Crippen molar-refractivity contribution in [2.45, 2.75) is 45.4 Å². The first-order chi connectivity index (χ1) is 14.0. The molecular weight excluding hydrogens is 369 g/mol. The fraction of sp³-hybridized carbons (Fsp3) is 0.333. The lowest BCUT2D eigenvalue weighted by molar-refractivity contribution is 0.622. The molecule has 0 aliphatic heterocycles. The third-order valence-electron chi connectivity index (χ3n) is 5.08. The largest absolute Gasteiger partial charge is 0.384 e. The fourth-order valence-electron chi connectivity index (χ4n) is 3.50. The van der Waals surface area contributed by atoms with Crippen molar-refractivity contribution < 1.29 is 4.39 Å². The SMILES string of the molecule is CC(C)c1cnn2c(N)cc(-c3cncc(F)c3)nc12.c1n[nH]c2c1CCCC2. The maximum atomic E-state index is 13.3. The standard InChI is InChI=1S/C14H14FN5.C7H10N2/c1-8(2)11-7-18-20-13(16)4-12(19-14(11)20)9-3-10(15)6-17-5-9;1-2-4-7-6(3-1)5-8-9-7/h3-8H,16H2,1-2H3;5H,1-4H2,(H,8,9). The second-order valence-electron chi connectivity index (χ2n) is 7.53. The van der Waals surface area contributed by atoms with Crippen molar-refractivity contribution in [1.82, 2.24) is 29.8 Å². The molecular formula is C21H24FN7. The molecule has 150 valence electrons. The van der Waals surface area contributed by atoms with Gasteiger partial charge in [0.25, 0.3) is 0 Å². The van der Waals surface area contributed by atoms with E-state index in [0.29, 0.717) is 22.7 Å². The molecule has 0 spiro atoms. The van der Waals surface area contributed by atoms with Gasteiger partial charge in [0.1, 0.15) is 11.6 Å². The zero-order valence-corrected chi connectivity index (χ0v) is 16.6. The van der Waals surface area contributed by atoms with Crippen molar-refractivity contribution in [3.63, 3.8) is 0 Å². The summed E-state index contributed by atoms with van der Waals surface area (Å²) in [5, 5.41) is 11.2. The summed E-state index contributed by atoms with van der Waals surface area (Å²) in [6.07, 6.45) is 11.5. The molecule has 0 radical (unpaired) electrons. The van der Waals surface area contributed by atoms with E-state index in [-0.39, 0.29) is 5.92 Å². The molecule has 0 aromatic carbocycles. The summed E-state index contributed by atoms with van der Waals surface area (Å²) < 4.78 is 14.9. The van der Waals surface area contributed by atoms with Crippen molar-refractivity contribution >= 4 is 11.5 Å². The molecule has 4 aromatic heterocycles. The number of fused-ring (bicyclic) bond motifs is 2. The van der Waals surface area contributed by atoms with Gasteiger partial charge in [0.2, 0.25) is 0 Å². The Balaban J connectivity index is 0.000000188. The summed E-state index contributed by atoms with van der Waals surface area (Å²) in [4.78, 5) is 8.38. The monoisotopic (exact) mass is 393 g/mol. The van der Waals surface area contributed by atoms with Crippen LogP contribution in [-0.2, 0) is 12.8 Å². The number of rotatable bonds is 2. The lowest BCUT2D eigenvalue weighted by Gasteiger charge is -2.07. The van der Waals surface area contributed by atoms with Crippen LogP contribution in [0.5, 0.6) is 0 Å². The van der Waals surface area contributed by atoms with Gasteiger partial charge in [0, 0.05) is 29.1 Å². The number of nitrogens with two attached hydrogens (primary N) is 1. The molecule has 0 fully saturated rings. The number of nitrogens with one attached hydrogen (secondary N) is 1. The van der Waals surface area contributed by atoms with Crippen LogP contribution < -0.4 is 5.73 Å². The number of aromatic nitrogens is 6. The van der Waals surface area contributed by atoms with E-state index in [9.17, 15) is 4.39 Å². The molecule has 4 heterocycles. The predicted molar refractivity (Wildman–Crippen MR) is 110 cm³/mol. The van der Waals surface area contributed by atoms with Crippen LogP contribution in [0.3, 0.4) is 0 Å². The molecule has 0 amide bonds. The summed E-state index contributed by atoms with van der Waals surface area (Å²) in [6.45, 7) is 4.12. The van der Waals surface area contributed by atoms with Gasteiger partial charge in [0.15, 0.2) is 5.65 Å². The minimum Gasteiger partial charge on any atom is -0.384 e. The first-order valence-electron chi connectivity index (χ1n) is 9.79. The molecule has 0 saturated carbocycles. The first-order valence-corrected chi connectivity index (χ1v) is 9.79. The van der Waals surface area contributed by atoms with Crippen molar-refractivity contribution in [2.75, 3.05) is 5.73 Å². The summed E-state index contributed by atoms with van der Waals surface area (Å²) >= 11 is 0. The lowest BCUT2D eigenvalue weighted by Crippen LogP contribution is -2.02. The molecule has 1 aliphatic rings. The number of pyridine rings is 1. The number of H-pyrrole nitrogens is 1. The van der Waals surface area contributed by atoms with E-state index in [1.54, 1.807) is 23.0 Å². The lowest BCUT2D eigenvalue weighted by atomic mass is 9.99. The minimum absolute atomic E-state index is 0.278. The molecule has 1 aliphatic carbocycles. The number of aromatic amines is 1.